The van der Waals surface area contributed by atoms with Gasteiger partial charge in [-0.1, -0.05) is 23.7 Å². The highest BCUT2D eigenvalue weighted by Crippen LogP contribution is 2.21. The number of halogens is 2. The molecule has 0 N–H and O–H groups in total. The second kappa shape index (κ2) is 6.01. The van der Waals surface area contributed by atoms with Crippen LogP contribution in [0.15, 0.2) is 36.4 Å². The highest BCUT2D eigenvalue weighted by molar-refractivity contribution is 6.29. The van der Waals surface area contributed by atoms with Crippen molar-refractivity contribution in [2.24, 2.45) is 0 Å². The molecule has 0 saturated heterocycles. The molecule has 2 rings (SSSR count). The minimum Gasteiger partial charge on any atom is -0.306 e. The van der Waals surface area contributed by atoms with Gasteiger partial charge in [0.1, 0.15) is 11.0 Å². The quantitative estimate of drug-likeness (QED) is 0.805. The summed E-state index contributed by atoms with van der Waals surface area (Å²) in [6.45, 7) is 3.90. The summed E-state index contributed by atoms with van der Waals surface area (Å²) in [5, 5.41) is 0.248. The number of hydrogen-bond acceptors (Lipinski definition) is 2. The maximum absolute atomic E-state index is 13.8. The first-order valence-electron chi connectivity index (χ1n) is 6.23. The maximum atomic E-state index is 13.8. The SMILES string of the molecule is CCN(C(=O)c1cc(C)nc(Cl)c1)c1ccccc1F. The van der Waals surface area contributed by atoms with Gasteiger partial charge in [0.15, 0.2) is 0 Å². The zero-order chi connectivity index (χ0) is 14.7. The molecular weight excluding hydrogens is 279 g/mol. The third kappa shape index (κ3) is 2.96. The fourth-order valence-electron chi connectivity index (χ4n) is 2.00. The van der Waals surface area contributed by atoms with Crippen LogP contribution in [0.4, 0.5) is 10.1 Å². The van der Waals surface area contributed by atoms with E-state index in [1.165, 1.54) is 17.0 Å². The molecule has 1 amide bonds. The maximum Gasteiger partial charge on any atom is 0.258 e. The third-order valence-electron chi connectivity index (χ3n) is 2.87. The second-order valence-electron chi connectivity index (χ2n) is 4.32. The van der Waals surface area contributed by atoms with E-state index in [-0.39, 0.29) is 16.7 Å². The summed E-state index contributed by atoms with van der Waals surface area (Å²) in [5.41, 5.74) is 1.30. The van der Waals surface area contributed by atoms with Gasteiger partial charge in [0.2, 0.25) is 0 Å². The van der Waals surface area contributed by atoms with Crippen LogP contribution in [0.1, 0.15) is 23.0 Å². The first kappa shape index (κ1) is 14.5. The van der Waals surface area contributed by atoms with Gasteiger partial charge in [0.25, 0.3) is 5.91 Å². The van der Waals surface area contributed by atoms with E-state index in [1.54, 1.807) is 38.1 Å². The Morgan fingerprint density at radius 3 is 2.65 bits per heavy atom. The molecule has 1 aromatic carbocycles. The Balaban J connectivity index is 2.42. The molecule has 0 saturated carbocycles. The van der Waals surface area contributed by atoms with Crippen molar-refractivity contribution < 1.29 is 9.18 Å². The molecule has 0 aliphatic carbocycles. The minimum atomic E-state index is -0.431. The van der Waals surface area contributed by atoms with Gasteiger partial charge in [-0.3, -0.25) is 4.79 Å². The number of aryl methyl sites for hydroxylation is 1. The molecule has 0 aliphatic heterocycles. The lowest BCUT2D eigenvalue weighted by Crippen LogP contribution is -2.31. The largest absolute Gasteiger partial charge is 0.306 e. The third-order valence-corrected chi connectivity index (χ3v) is 3.07. The highest BCUT2D eigenvalue weighted by atomic mass is 35.5. The zero-order valence-electron chi connectivity index (χ0n) is 11.2. The van der Waals surface area contributed by atoms with Gasteiger partial charge in [-0.25, -0.2) is 9.37 Å². The normalized spacial score (nSPS) is 10.4. The molecule has 0 spiro atoms. The van der Waals surface area contributed by atoms with Crippen LogP contribution in [-0.2, 0) is 0 Å². The van der Waals surface area contributed by atoms with Crippen LogP contribution in [0, 0.1) is 12.7 Å². The van der Waals surface area contributed by atoms with Crippen molar-refractivity contribution >= 4 is 23.2 Å². The van der Waals surface area contributed by atoms with Crippen LogP contribution in [0.25, 0.3) is 0 Å². The predicted octanol–water partition coefficient (Wildman–Crippen LogP) is 3.85. The number of carbonyl (C=O) groups is 1. The van der Waals surface area contributed by atoms with Gasteiger partial charge in [-0.15, -0.1) is 0 Å². The summed E-state index contributed by atoms with van der Waals surface area (Å²) < 4.78 is 13.8. The summed E-state index contributed by atoms with van der Waals surface area (Å²) in [6, 6.07) is 9.31. The molecule has 0 fully saturated rings. The van der Waals surface area contributed by atoms with E-state index in [9.17, 15) is 9.18 Å². The number of carbonyl (C=O) groups excluding carboxylic acids is 1. The monoisotopic (exact) mass is 292 g/mol. The van der Waals surface area contributed by atoms with Gasteiger partial charge in [-0.2, -0.15) is 0 Å². The number of aromatic nitrogens is 1. The Hall–Kier alpha value is -1.94. The lowest BCUT2D eigenvalue weighted by atomic mass is 10.2. The summed E-state index contributed by atoms with van der Waals surface area (Å²) in [7, 11) is 0. The van der Waals surface area contributed by atoms with E-state index in [0.717, 1.165) is 0 Å². The average Bonchev–Trinajstić information content (AvgIpc) is 2.40. The summed E-state index contributed by atoms with van der Waals surface area (Å²) in [4.78, 5) is 17.9. The molecule has 1 aromatic heterocycles. The second-order valence-corrected chi connectivity index (χ2v) is 4.71. The van der Waals surface area contributed by atoms with Crippen molar-refractivity contribution in [3.8, 4) is 0 Å². The molecule has 2 aromatic rings. The fourth-order valence-corrected chi connectivity index (χ4v) is 2.25. The van der Waals surface area contributed by atoms with E-state index in [1.807, 2.05) is 0 Å². The van der Waals surface area contributed by atoms with E-state index in [2.05, 4.69) is 4.98 Å². The first-order chi connectivity index (χ1) is 9.52. The predicted molar refractivity (Wildman–Crippen MR) is 77.7 cm³/mol. The minimum absolute atomic E-state index is 0.248. The number of nitrogens with zero attached hydrogens (tertiary/aromatic N) is 2. The molecule has 0 aliphatic rings. The lowest BCUT2D eigenvalue weighted by molar-refractivity contribution is 0.0987. The van der Waals surface area contributed by atoms with E-state index in [0.29, 0.717) is 17.8 Å². The van der Waals surface area contributed by atoms with Gasteiger partial charge in [0, 0.05) is 17.8 Å². The molecule has 3 nitrogen and oxygen atoms in total. The number of para-hydroxylation sites is 1. The van der Waals surface area contributed by atoms with Gasteiger partial charge in [-0.05, 0) is 38.1 Å². The number of amides is 1. The van der Waals surface area contributed by atoms with Gasteiger partial charge < -0.3 is 4.90 Å². The highest BCUT2D eigenvalue weighted by Gasteiger charge is 2.19. The molecule has 0 atom stereocenters. The Kier molecular flexibility index (Phi) is 4.35. The fraction of sp³-hybridized carbons (Fsp3) is 0.200. The van der Waals surface area contributed by atoms with Crippen LogP contribution in [0.2, 0.25) is 5.15 Å². The van der Waals surface area contributed by atoms with E-state index < -0.39 is 5.82 Å². The molecular formula is C15H14ClFN2O. The van der Waals surface area contributed by atoms with Crippen LogP contribution < -0.4 is 4.90 Å². The number of rotatable bonds is 3. The van der Waals surface area contributed by atoms with Crippen LogP contribution in [0.3, 0.4) is 0 Å². The van der Waals surface area contributed by atoms with E-state index in [4.69, 9.17) is 11.6 Å². The van der Waals surface area contributed by atoms with Crippen molar-refractivity contribution in [1.82, 2.24) is 4.98 Å². The van der Waals surface area contributed by atoms with Gasteiger partial charge >= 0.3 is 0 Å². The molecule has 0 unspecified atom stereocenters. The molecule has 0 radical (unpaired) electrons. The molecule has 5 heteroatoms. The Labute approximate surface area is 122 Å². The van der Waals surface area contributed by atoms with Crippen LogP contribution in [-0.4, -0.2) is 17.4 Å². The Bertz CT molecular complexity index is 625. The summed E-state index contributed by atoms with van der Waals surface area (Å²) in [5.74, 6) is -0.732. The summed E-state index contributed by atoms with van der Waals surface area (Å²) in [6.07, 6.45) is 0. The van der Waals surface area contributed by atoms with Crippen molar-refractivity contribution in [2.75, 3.05) is 11.4 Å². The number of benzene rings is 1. The molecule has 0 bridgehead atoms. The first-order valence-corrected chi connectivity index (χ1v) is 6.61. The zero-order valence-corrected chi connectivity index (χ0v) is 12.0. The number of anilines is 1. The van der Waals surface area contributed by atoms with E-state index >= 15 is 0 Å². The van der Waals surface area contributed by atoms with Gasteiger partial charge in [0.05, 0.1) is 5.69 Å². The Morgan fingerprint density at radius 1 is 1.35 bits per heavy atom. The molecule has 1 heterocycles. The van der Waals surface area contributed by atoms with Crippen molar-refractivity contribution in [2.45, 2.75) is 13.8 Å². The topological polar surface area (TPSA) is 33.2 Å². The lowest BCUT2D eigenvalue weighted by Gasteiger charge is -2.21. The summed E-state index contributed by atoms with van der Waals surface area (Å²) >= 11 is 5.86. The smallest absolute Gasteiger partial charge is 0.258 e. The molecule has 104 valence electrons. The van der Waals surface area contributed by atoms with Crippen LogP contribution in [0.5, 0.6) is 0 Å². The standard InChI is InChI=1S/C15H14ClFN2O/c1-3-19(13-7-5-4-6-12(13)17)15(20)11-8-10(2)18-14(16)9-11/h4-9H,3H2,1-2H3. The van der Waals surface area contributed by atoms with Crippen molar-refractivity contribution in [3.63, 3.8) is 0 Å². The van der Waals surface area contributed by atoms with Crippen molar-refractivity contribution in [3.05, 3.63) is 58.6 Å². The molecule has 20 heavy (non-hydrogen) atoms. The number of pyridine rings is 1. The average molecular weight is 293 g/mol. The number of hydrogen-bond donors (Lipinski definition) is 0. The van der Waals surface area contributed by atoms with Crippen molar-refractivity contribution in [1.29, 1.82) is 0 Å². The van der Waals surface area contributed by atoms with Crippen LogP contribution >= 0.6 is 11.6 Å². The Morgan fingerprint density at radius 2 is 2.05 bits per heavy atom.